The first-order valence-corrected chi connectivity index (χ1v) is 9.44. The van der Waals surface area contributed by atoms with Gasteiger partial charge in [0.15, 0.2) is 0 Å². The van der Waals surface area contributed by atoms with Gasteiger partial charge in [0, 0.05) is 24.2 Å². The Morgan fingerprint density at radius 3 is 3.12 bits per heavy atom. The maximum Gasteiger partial charge on any atom is 0.226 e. The Kier molecular flexibility index (Phi) is 6.01. The van der Waals surface area contributed by atoms with Crippen LogP contribution in [0.2, 0.25) is 5.02 Å². The second-order valence-corrected chi connectivity index (χ2v) is 7.43. The summed E-state index contributed by atoms with van der Waals surface area (Å²) in [6.07, 6.45) is 5.66. The van der Waals surface area contributed by atoms with Gasteiger partial charge in [0.25, 0.3) is 0 Å². The molecule has 132 valence electrons. The molecule has 0 spiro atoms. The van der Waals surface area contributed by atoms with Crippen molar-refractivity contribution in [3.8, 4) is 5.75 Å². The van der Waals surface area contributed by atoms with Crippen molar-refractivity contribution < 1.29 is 9.53 Å². The fourth-order valence-corrected chi connectivity index (χ4v) is 3.85. The van der Waals surface area contributed by atoms with Crippen LogP contribution in [0.1, 0.15) is 38.2 Å². The topological polar surface area (TPSA) is 41.6 Å². The molecule has 2 heterocycles. The molecule has 1 aromatic carbocycles. The van der Waals surface area contributed by atoms with Crippen molar-refractivity contribution in [1.29, 1.82) is 0 Å². The quantitative estimate of drug-likeness (QED) is 0.829. The average Bonchev–Trinajstić information content (AvgIpc) is 2.59. The lowest BCUT2D eigenvalue weighted by molar-refractivity contribution is -0.126. The van der Waals surface area contributed by atoms with E-state index in [1.54, 1.807) is 0 Å². The van der Waals surface area contributed by atoms with Gasteiger partial charge in [0.05, 0.1) is 5.92 Å². The van der Waals surface area contributed by atoms with E-state index in [0.717, 1.165) is 30.8 Å². The summed E-state index contributed by atoms with van der Waals surface area (Å²) < 4.78 is 5.70. The summed E-state index contributed by atoms with van der Waals surface area (Å²) in [6.45, 7) is 5.76. The van der Waals surface area contributed by atoms with Crippen molar-refractivity contribution in [2.75, 3.05) is 26.2 Å². The maximum atomic E-state index is 12.4. The third-order valence-electron chi connectivity index (χ3n) is 5.16. The van der Waals surface area contributed by atoms with E-state index in [2.05, 4.69) is 17.1 Å². The number of halogens is 1. The predicted molar refractivity (Wildman–Crippen MR) is 96.7 cm³/mol. The number of carbonyl (C=O) groups is 1. The van der Waals surface area contributed by atoms with Gasteiger partial charge in [-0.1, -0.05) is 18.0 Å². The zero-order valence-electron chi connectivity index (χ0n) is 14.4. The van der Waals surface area contributed by atoms with E-state index in [1.165, 1.54) is 25.8 Å². The van der Waals surface area contributed by atoms with Gasteiger partial charge in [-0.2, -0.15) is 0 Å². The first kappa shape index (κ1) is 17.6. The molecule has 1 saturated heterocycles. The Bertz CT molecular complexity index is 578. The second-order valence-electron chi connectivity index (χ2n) is 6.99. The van der Waals surface area contributed by atoms with Crippen LogP contribution in [-0.4, -0.2) is 43.1 Å². The molecule has 1 N–H and O–H groups in total. The molecule has 3 rings (SSSR count). The van der Waals surface area contributed by atoms with Crippen LogP contribution in [0.25, 0.3) is 0 Å². The van der Waals surface area contributed by atoms with E-state index in [1.807, 2.05) is 18.2 Å². The molecule has 1 amide bonds. The molecule has 24 heavy (non-hydrogen) atoms. The van der Waals surface area contributed by atoms with Gasteiger partial charge in [-0.3, -0.25) is 4.79 Å². The van der Waals surface area contributed by atoms with Crippen molar-refractivity contribution in [1.82, 2.24) is 10.2 Å². The number of nitrogens with zero attached hydrogens (tertiary/aromatic N) is 1. The highest BCUT2D eigenvalue weighted by atomic mass is 35.5. The van der Waals surface area contributed by atoms with Crippen molar-refractivity contribution in [2.24, 2.45) is 5.92 Å². The van der Waals surface area contributed by atoms with Crippen molar-refractivity contribution in [2.45, 2.75) is 45.1 Å². The van der Waals surface area contributed by atoms with Crippen molar-refractivity contribution in [3.63, 3.8) is 0 Å². The molecular formula is C19H27ClN2O2. The molecule has 1 fully saturated rings. The van der Waals surface area contributed by atoms with Crippen LogP contribution in [0.3, 0.4) is 0 Å². The summed E-state index contributed by atoms with van der Waals surface area (Å²) in [7, 11) is 0. The van der Waals surface area contributed by atoms with Crippen LogP contribution in [0.5, 0.6) is 5.75 Å². The lowest BCUT2D eigenvalue weighted by Crippen LogP contribution is -2.41. The number of rotatable bonds is 5. The maximum absolute atomic E-state index is 12.4. The Morgan fingerprint density at radius 1 is 1.42 bits per heavy atom. The first-order valence-electron chi connectivity index (χ1n) is 9.06. The van der Waals surface area contributed by atoms with E-state index >= 15 is 0 Å². The van der Waals surface area contributed by atoms with Crippen LogP contribution >= 0.6 is 11.6 Å². The smallest absolute Gasteiger partial charge is 0.226 e. The lowest BCUT2D eigenvalue weighted by atomic mass is 9.96. The molecule has 0 aliphatic carbocycles. The Morgan fingerprint density at radius 2 is 2.29 bits per heavy atom. The molecule has 5 heteroatoms. The third-order valence-corrected chi connectivity index (χ3v) is 5.40. The van der Waals surface area contributed by atoms with Crippen LogP contribution in [-0.2, 0) is 11.2 Å². The number of likely N-dealkylation sites (tertiary alicyclic amines) is 1. The molecule has 2 atom stereocenters. The van der Waals surface area contributed by atoms with Crippen LogP contribution in [0.15, 0.2) is 18.2 Å². The normalized spacial score (nSPS) is 24.1. The Balaban J connectivity index is 1.41. The van der Waals surface area contributed by atoms with Gasteiger partial charge < -0.3 is 15.0 Å². The van der Waals surface area contributed by atoms with Crippen LogP contribution < -0.4 is 10.1 Å². The zero-order chi connectivity index (χ0) is 16.9. The van der Waals surface area contributed by atoms with Gasteiger partial charge in [0.2, 0.25) is 5.91 Å². The van der Waals surface area contributed by atoms with Crippen LogP contribution in [0, 0.1) is 5.92 Å². The van der Waals surface area contributed by atoms with Gasteiger partial charge >= 0.3 is 0 Å². The van der Waals surface area contributed by atoms with E-state index in [0.29, 0.717) is 24.1 Å². The molecule has 0 radical (unpaired) electrons. The average molecular weight is 351 g/mol. The van der Waals surface area contributed by atoms with Gasteiger partial charge in [0.1, 0.15) is 12.4 Å². The fraction of sp³-hybridized carbons (Fsp3) is 0.632. The highest BCUT2D eigenvalue weighted by Gasteiger charge is 2.26. The van der Waals surface area contributed by atoms with E-state index in [9.17, 15) is 4.79 Å². The predicted octanol–water partition coefficient (Wildman–Crippen LogP) is 3.27. The number of hydrogen-bond donors (Lipinski definition) is 1. The number of nitrogens with one attached hydrogen (secondary N) is 1. The number of benzene rings is 1. The van der Waals surface area contributed by atoms with E-state index in [-0.39, 0.29) is 11.8 Å². The molecule has 1 aromatic rings. The molecule has 0 unspecified atom stereocenters. The molecular weight excluding hydrogens is 324 g/mol. The number of ether oxygens (including phenoxy) is 1. The molecule has 0 saturated carbocycles. The minimum absolute atomic E-state index is 0.0901. The van der Waals surface area contributed by atoms with E-state index < -0.39 is 0 Å². The highest BCUT2D eigenvalue weighted by molar-refractivity contribution is 6.30. The van der Waals surface area contributed by atoms with Crippen molar-refractivity contribution >= 4 is 17.5 Å². The summed E-state index contributed by atoms with van der Waals surface area (Å²) in [4.78, 5) is 14.9. The Hall–Kier alpha value is -1.26. The summed E-state index contributed by atoms with van der Waals surface area (Å²) in [5.74, 6) is 0.819. The molecule has 2 aliphatic rings. The largest absolute Gasteiger partial charge is 0.492 e. The standard InChI is InChI=1S/C19H27ClN2O2/c1-14-5-2-3-9-22(14)10-4-8-21-19(23)16-11-15-12-17(20)6-7-18(15)24-13-16/h6-7,12,14,16H,2-5,8-11,13H2,1H3,(H,21,23)/t14-,16+/m0/s1. The number of piperidine rings is 1. The molecule has 2 aliphatic heterocycles. The Labute approximate surface area is 149 Å². The minimum Gasteiger partial charge on any atom is -0.492 e. The van der Waals surface area contributed by atoms with Crippen LogP contribution in [0.4, 0.5) is 0 Å². The summed E-state index contributed by atoms with van der Waals surface area (Å²) in [6, 6.07) is 6.28. The molecule has 4 nitrogen and oxygen atoms in total. The van der Waals surface area contributed by atoms with E-state index in [4.69, 9.17) is 16.3 Å². The monoisotopic (exact) mass is 350 g/mol. The lowest BCUT2D eigenvalue weighted by Gasteiger charge is -2.33. The summed E-state index contributed by atoms with van der Waals surface area (Å²) in [5, 5.41) is 3.76. The van der Waals surface area contributed by atoms with Gasteiger partial charge in [-0.15, -0.1) is 0 Å². The molecule has 0 aromatic heterocycles. The summed E-state index contributed by atoms with van der Waals surface area (Å²) >= 11 is 6.03. The summed E-state index contributed by atoms with van der Waals surface area (Å²) in [5.41, 5.74) is 1.02. The SMILES string of the molecule is C[C@H]1CCCCN1CCCNC(=O)[C@H]1COc2ccc(Cl)cc2C1. The number of fused-ring (bicyclic) bond motifs is 1. The third kappa shape index (κ3) is 4.42. The van der Waals surface area contributed by atoms with Gasteiger partial charge in [-0.25, -0.2) is 0 Å². The fourth-order valence-electron chi connectivity index (χ4n) is 3.66. The zero-order valence-corrected chi connectivity index (χ0v) is 15.1. The number of hydrogen-bond acceptors (Lipinski definition) is 3. The number of carbonyl (C=O) groups excluding carboxylic acids is 1. The molecule has 0 bridgehead atoms. The second kappa shape index (κ2) is 8.21. The first-order chi connectivity index (χ1) is 11.6. The van der Waals surface area contributed by atoms with Crippen molar-refractivity contribution in [3.05, 3.63) is 28.8 Å². The minimum atomic E-state index is -0.120. The highest BCUT2D eigenvalue weighted by Crippen LogP contribution is 2.29. The number of amides is 1. The van der Waals surface area contributed by atoms with Gasteiger partial charge in [-0.05, 0) is 62.9 Å².